The van der Waals surface area contributed by atoms with Crippen LogP contribution in [-0.4, -0.2) is 51.3 Å². The second-order valence-electron chi connectivity index (χ2n) is 4.29. The third-order valence-electron chi connectivity index (χ3n) is 2.99. The standard InChI is InChI=1S/C10H16N6O2/c11-2-4-16-6-8(13-14-16)10(18)15-3-1-7(5-15)9(12)17/h6-7H,1-5,11H2,(H2,12,17). The average molecular weight is 252 g/mol. The molecule has 8 heteroatoms. The second-order valence-corrected chi connectivity index (χ2v) is 4.29. The zero-order chi connectivity index (χ0) is 13.1. The minimum atomic E-state index is -0.364. The lowest BCUT2D eigenvalue weighted by molar-refractivity contribution is -0.121. The molecule has 0 aromatic carbocycles. The molecule has 4 N–H and O–H groups in total. The Balaban J connectivity index is 2.01. The lowest BCUT2D eigenvalue weighted by atomic mass is 10.1. The molecular weight excluding hydrogens is 236 g/mol. The molecule has 1 aliphatic rings. The molecule has 1 unspecified atom stereocenters. The molecular formula is C10H16N6O2. The van der Waals surface area contributed by atoms with E-state index < -0.39 is 0 Å². The molecule has 0 radical (unpaired) electrons. The van der Waals surface area contributed by atoms with Gasteiger partial charge in [0.1, 0.15) is 0 Å². The summed E-state index contributed by atoms with van der Waals surface area (Å²) in [5, 5.41) is 7.60. The van der Waals surface area contributed by atoms with E-state index in [1.54, 1.807) is 11.1 Å². The maximum atomic E-state index is 12.1. The van der Waals surface area contributed by atoms with Crippen molar-refractivity contribution in [1.29, 1.82) is 0 Å². The van der Waals surface area contributed by atoms with Gasteiger partial charge in [0.15, 0.2) is 5.69 Å². The van der Waals surface area contributed by atoms with Gasteiger partial charge in [-0.05, 0) is 6.42 Å². The Morgan fingerprint density at radius 2 is 2.28 bits per heavy atom. The summed E-state index contributed by atoms with van der Waals surface area (Å²) in [6.07, 6.45) is 2.17. The van der Waals surface area contributed by atoms with Crippen molar-refractivity contribution in [2.45, 2.75) is 13.0 Å². The molecule has 1 atom stereocenters. The van der Waals surface area contributed by atoms with Gasteiger partial charge in [0.05, 0.1) is 18.7 Å². The van der Waals surface area contributed by atoms with Gasteiger partial charge in [-0.15, -0.1) is 5.10 Å². The SMILES string of the molecule is NCCn1cc(C(=O)N2CCC(C(N)=O)C2)nn1. The molecule has 18 heavy (non-hydrogen) atoms. The van der Waals surface area contributed by atoms with E-state index in [0.717, 1.165) is 0 Å². The Morgan fingerprint density at radius 1 is 1.50 bits per heavy atom. The van der Waals surface area contributed by atoms with Crippen LogP contribution in [0.1, 0.15) is 16.9 Å². The van der Waals surface area contributed by atoms with Crippen molar-refractivity contribution in [2.24, 2.45) is 17.4 Å². The summed E-state index contributed by atoms with van der Waals surface area (Å²) in [6, 6.07) is 0. The first-order chi connectivity index (χ1) is 8.61. The number of carbonyl (C=O) groups is 2. The Bertz CT molecular complexity index is 457. The average Bonchev–Trinajstić information content (AvgIpc) is 2.97. The number of hydrogen-bond acceptors (Lipinski definition) is 5. The molecule has 1 aromatic rings. The van der Waals surface area contributed by atoms with Crippen LogP contribution in [0.25, 0.3) is 0 Å². The number of aromatic nitrogens is 3. The monoisotopic (exact) mass is 252 g/mol. The molecule has 2 heterocycles. The highest BCUT2D eigenvalue weighted by molar-refractivity contribution is 5.92. The third-order valence-corrected chi connectivity index (χ3v) is 2.99. The smallest absolute Gasteiger partial charge is 0.276 e. The minimum Gasteiger partial charge on any atom is -0.369 e. The van der Waals surface area contributed by atoms with Gasteiger partial charge < -0.3 is 16.4 Å². The van der Waals surface area contributed by atoms with Crippen LogP contribution in [0.5, 0.6) is 0 Å². The van der Waals surface area contributed by atoms with Crippen molar-refractivity contribution in [3.05, 3.63) is 11.9 Å². The quantitative estimate of drug-likeness (QED) is 0.654. The summed E-state index contributed by atoms with van der Waals surface area (Å²) in [4.78, 5) is 24.7. The Morgan fingerprint density at radius 3 is 2.89 bits per heavy atom. The fourth-order valence-corrected chi connectivity index (χ4v) is 1.98. The predicted octanol–water partition coefficient (Wildman–Crippen LogP) is -1.82. The van der Waals surface area contributed by atoms with Crippen LogP contribution in [0.4, 0.5) is 0 Å². The summed E-state index contributed by atoms with van der Waals surface area (Å²) in [5.74, 6) is -0.841. The Labute approximate surface area is 104 Å². The number of amides is 2. The highest BCUT2D eigenvalue weighted by Crippen LogP contribution is 2.17. The number of primary amides is 1. The molecule has 2 rings (SSSR count). The van der Waals surface area contributed by atoms with E-state index in [2.05, 4.69) is 10.3 Å². The molecule has 1 aliphatic heterocycles. The van der Waals surface area contributed by atoms with E-state index in [9.17, 15) is 9.59 Å². The number of nitrogens with zero attached hydrogens (tertiary/aromatic N) is 4. The third kappa shape index (κ3) is 2.48. The Hall–Kier alpha value is -1.96. The lowest BCUT2D eigenvalue weighted by Crippen LogP contribution is -2.32. The molecule has 1 saturated heterocycles. The van der Waals surface area contributed by atoms with Crippen LogP contribution < -0.4 is 11.5 Å². The van der Waals surface area contributed by atoms with Crippen molar-refractivity contribution in [1.82, 2.24) is 19.9 Å². The highest BCUT2D eigenvalue weighted by atomic mass is 16.2. The maximum absolute atomic E-state index is 12.1. The molecule has 2 amide bonds. The van der Waals surface area contributed by atoms with Crippen molar-refractivity contribution in [3.63, 3.8) is 0 Å². The van der Waals surface area contributed by atoms with Gasteiger partial charge in [-0.25, -0.2) is 0 Å². The summed E-state index contributed by atoms with van der Waals surface area (Å²) >= 11 is 0. The van der Waals surface area contributed by atoms with Crippen LogP contribution >= 0.6 is 0 Å². The minimum absolute atomic E-state index is 0.220. The number of carbonyl (C=O) groups excluding carboxylic acids is 2. The molecule has 1 aromatic heterocycles. The fourth-order valence-electron chi connectivity index (χ4n) is 1.98. The van der Waals surface area contributed by atoms with E-state index in [-0.39, 0.29) is 23.4 Å². The van der Waals surface area contributed by atoms with Gasteiger partial charge in [0.2, 0.25) is 5.91 Å². The molecule has 0 spiro atoms. The van der Waals surface area contributed by atoms with Crippen molar-refractivity contribution in [3.8, 4) is 0 Å². The largest absolute Gasteiger partial charge is 0.369 e. The van der Waals surface area contributed by atoms with Crippen molar-refractivity contribution < 1.29 is 9.59 Å². The van der Waals surface area contributed by atoms with Gasteiger partial charge in [0, 0.05) is 19.6 Å². The van der Waals surface area contributed by atoms with Gasteiger partial charge in [0.25, 0.3) is 5.91 Å². The zero-order valence-electron chi connectivity index (χ0n) is 9.95. The molecule has 0 bridgehead atoms. The van der Waals surface area contributed by atoms with E-state index >= 15 is 0 Å². The predicted molar refractivity (Wildman–Crippen MR) is 62.3 cm³/mol. The van der Waals surface area contributed by atoms with E-state index in [0.29, 0.717) is 32.6 Å². The van der Waals surface area contributed by atoms with Gasteiger partial charge >= 0.3 is 0 Å². The van der Waals surface area contributed by atoms with Gasteiger partial charge in [-0.2, -0.15) is 0 Å². The summed E-state index contributed by atoms with van der Waals surface area (Å²) in [6.45, 7) is 1.84. The van der Waals surface area contributed by atoms with Crippen LogP contribution in [0.15, 0.2) is 6.20 Å². The Kier molecular flexibility index (Phi) is 3.56. The number of nitrogens with two attached hydrogens (primary N) is 2. The molecule has 0 aliphatic carbocycles. The zero-order valence-corrected chi connectivity index (χ0v) is 9.95. The maximum Gasteiger partial charge on any atom is 0.276 e. The van der Waals surface area contributed by atoms with Crippen molar-refractivity contribution in [2.75, 3.05) is 19.6 Å². The first kappa shape index (κ1) is 12.5. The van der Waals surface area contributed by atoms with Crippen molar-refractivity contribution >= 4 is 11.8 Å². The first-order valence-electron chi connectivity index (χ1n) is 5.80. The number of rotatable bonds is 4. The van der Waals surface area contributed by atoms with Crippen LogP contribution in [0.2, 0.25) is 0 Å². The van der Waals surface area contributed by atoms with Crippen LogP contribution in [0.3, 0.4) is 0 Å². The molecule has 8 nitrogen and oxygen atoms in total. The topological polar surface area (TPSA) is 120 Å². The molecule has 0 saturated carbocycles. The van der Waals surface area contributed by atoms with E-state index in [1.807, 2.05) is 0 Å². The fraction of sp³-hybridized carbons (Fsp3) is 0.600. The number of hydrogen-bond donors (Lipinski definition) is 2. The summed E-state index contributed by atoms with van der Waals surface area (Å²) in [7, 11) is 0. The molecule has 98 valence electrons. The summed E-state index contributed by atoms with van der Waals surface area (Å²) in [5.41, 5.74) is 10.9. The highest BCUT2D eigenvalue weighted by Gasteiger charge is 2.31. The van der Waals surface area contributed by atoms with E-state index in [4.69, 9.17) is 11.5 Å². The number of likely N-dealkylation sites (tertiary alicyclic amines) is 1. The normalized spacial score (nSPS) is 19.2. The van der Waals surface area contributed by atoms with Crippen LogP contribution in [0, 0.1) is 5.92 Å². The van der Waals surface area contributed by atoms with Gasteiger partial charge in [-0.1, -0.05) is 5.21 Å². The summed E-state index contributed by atoms with van der Waals surface area (Å²) < 4.78 is 1.52. The van der Waals surface area contributed by atoms with Crippen LogP contribution in [-0.2, 0) is 11.3 Å². The van der Waals surface area contributed by atoms with E-state index in [1.165, 1.54) is 4.68 Å². The lowest BCUT2D eigenvalue weighted by Gasteiger charge is -2.13. The first-order valence-corrected chi connectivity index (χ1v) is 5.80. The van der Waals surface area contributed by atoms with Gasteiger partial charge in [-0.3, -0.25) is 14.3 Å². The molecule has 1 fully saturated rings. The second kappa shape index (κ2) is 5.13.